The summed E-state index contributed by atoms with van der Waals surface area (Å²) in [6, 6.07) is 16.7. The van der Waals surface area contributed by atoms with Gasteiger partial charge in [0.2, 0.25) is 5.91 Å². The van der Waals surface area contributed by atoms with Crippen molar-refractivity contribution in [3.05, 3.63) is 77.5 Å². The minimum absolute atomic E-state index is 0.120. The molecule has 148 valence electrons. The van der Waals surface area contributed by atoms with Crippen molar-refractivity contribution in [3.63, 3.8) is 0 Å². The first-order valence-electron chi connectivity index (χ1n) is 8.83. The molecule has 2 aromatic rings. The van der Waals surface area contributed by atoms with E-state index in [2.05, 4.69) is 16.2 Å². The summed E-state index contributed by atoms with van der Waals surface area (Å²) in [6.45, 7) is 3.69. The minimum Gasteiger partial charge on any atom is -0.497 e. The van der Waals surface area contributed by atoms with E-state index >= 15 is 0 Å². The lowest BCUT2D eigenvalue weighted by atomic mass is 10.1. The van der Waals surface area contributed by atoms with E-state index in [1.807, 2.05) is 49.4 Å². The van der Waals surface area contributed by atoms with Gasteiger partial charge in [-0.15, -0.1) is 0 Å². The first-order valence-corrected chi connectivity index (χ1v) is 8.83. The lowest BCUT2D eigenvalue weighted by Crippen LogP contribution is -2.37. The van der Waals surface area contributed by atoms with E-state index in [-0.39, 0.29) is 18.6 Å². The number of ether oxygens (including phenoxy) is 2. The molecule has 0 heterocycles. The average Bonchev–Trinajstić information content (AvgIpc) is 2.71. The van der Waals surface area contributed by atoms with Crippen molar-refractivity contribution < 1.29 is 19.1 Å². The van der Waals surface area contributed by atoms with E-state index in [1.54, 1.807) is 26.2 Å². The molecule has 0 aromatic heterocycles. The summed E-state index contributed by atoms with van der Waals surface area (Å²) in [7, 11) is 1.59. The van der Waals surface area contributed by atoms with Gasteiger partial charge in [-0.1, -0.05) is 42.5 Å². The molecule has 0 aliphatic rings. The van der Waals surface area contributed by atoms with Crippen molar-refractivity contribution >= 4 is 12.0 Å². The maximum atomic E-state index is 12.1. The fourth-order valence-corrected chi connectivity index (χ4v) is 2.37. The van der Waals surface area contributed by atoms with E-state index in [9.17, 15) is 9.59 Å². The van der Waals surface area contributed by atoms with Gasteiger partial charge in [0.25, 0.3) is 0 Å². The Morgan fingerprint density at radius 1 is 1.04 bits per heavy atom. The zero-order valence-corrected chi connectivity index (χ0v) is 16.2. The van der Waals surface area contributed by atoms with Gasteiger partial charge in [0.15, 0.2) is 0 Å². The zero-order valence-electron chi connectivity index (χ0n) is 16.2. The summed E-state index contributed by atoms with van der Waals surface area (Å²) in [4.78, 5) is 23.8. The molecular formula is C21H25N3O4. The van der Waals surface area contributed by atoms with Crippen molar-refractivity contribution in [1.29, 1.82) is 0 Å². The standard InChI is InChI=1S/C21H25N3O4/c1-15(13-20(25)22-16(2)18-7-5-4-6-8-18)23-24-21(26)28-14-17-9-11-19(27-3)12-10-17/h4-13,16,23H,14H2,1-3H3,(H,22,25)(H,24,26). The summed E-state index contributed by atoms with van der Waals surface area (Å²) in [5, 5.41) is 2.86. The number of hydrazine groups is 1. The third-order valence-corrected chi connectivity index (χ3v) is 3.90. The maximum Gasteiger partial charge on any atom is 0.426 e. The highest BCUT2D eigenvalue weighted by Crippen LogP contribution is 2.12. The van der Waals surface area contributed by atoms with Gasteiger partial charge in [0.1, 0.15) is 12.4 Å². The molecular weight excluding hydrogens is 358 g/mol. The molecule has 2 amide bonds. The number of carbonyl (C=O) groups excluding carboxylic acids is 2. The van der Waals surface area contributed by atoms with Gasteiger partial charge in [-0.2, -0.15) is 0 Å². The van der Waals surface area contributed by atoms with Gasteiger partial charge in [-0.3, -0.25) is 4.79 Å². The monoisotopic (exact) mass is 383 g/mol. The van der Waals surface area contributed by atoms with Crippen molar-refractivity contribution in [3.8, 4) is 5.75 Å². The van der Waals surface area contributed by atoms with Gasteiger partial charge >= 0.3 is 6.09 Å². The number of rotatable bonds is 8. The Hall–Kier alpha value is -3.48. The van der Waals surface area contributed by atoms with Crippen LogP contribution in [0.1, 0.15) is 31.0 Å². The highest BCUT2D eigenvalue weighted by atomic mass is 16.6. The normalized spacial score (nSPS) is 11.9. The number of hydrogen-bond donors (Lipinski definition) is 3. The van der Waals surface area contributed by atoms with Crippen LogP contribution in [0.15, 0.2) is 66.4 Å². The number of methoxy groups -OCH3 is 1. The Morgan fingerprint density at radius 3 is 2.36 bits per heavy atom. The fraction of sp³-hybridized carbons (Fsp3) is 0.238. The minimum atomic E-state index is -0.651. The second-order valence-electron chi connectivity index (χ2n) is 6.14. The molecule has 0 saturated carbocycles. The Kier molecular flexibility index (Phi) is 7.90. The van der Waals surface area contributed by atoms with E-state index < -0.39 is 6.09 Å². The van der Waals surface area contributed by atoms with Gasteiger partial charge < -0.3 is 20.2 Å². The Morgan fingerprint density at radius 2 is 1.71 bits per heavy atom. The summed E-state index contributed by atoms with van der Waals surface area (Å²) in [5.74, 6) is 0.463. The highest BCUT2D eigenvalue weighted by molar-refractivity contribution is 5.88. The van der Waals surface area contributed by atoms with E-state index in [1.165, 1.54) is 6.08 Å². The van der Waals surface area contributed by atoms with Gasteiger partial charge in [-0.25, -0.2) is 10.2 Å². The van der Waals surface area contributed by atoms with E-state index in [4.69, 9.17) is 9.47 Å². The number of benzene rings is 2. The van der Waals surface area contributed by atoms with Crippen LogP contribution in [-0.4, -0.2) is 19.1 Å². The largest absolute Gasteiger partial charge is 0.497 e. The van der Waals surface area contributed by atoms with E-state index in [0.717, 1.165) is 16.9 Å². The first kappa shape index (κ1) is 20.8. The summed E-state index contributed by atoms with van der Waals surface area (Å²) in [6.07, 6.45) is 0.713. The summed E-state index contributed by atoms with van der Waals surface area (Å²) >= 11 is 0. The van der Waals surface area contributed by atoms with E-state index in [0.29, 0.717) is 5.70 Å². The molecule has 28 heavy (non-hydrogen) atoms. The van der Waals surface area contributed by atoms with Crippen LogP contribution in [0.3, 0.4) is 0 Å². The smallest absolute Gasteiger partial charge is 0.426 e. The van der Waals surface area contributed by atoms with Crippen LogP contribution < -0.4 is 20.9 Å². The molecule has 7 nitrogen and oxygen atoms in total. The SMILES string of the molecule is COc1ccc(COC(=O)NNC(C)=CC(=O)NC(C)c2ccccc2)cc1. The summed E-state index contributed by atoms with van der Waals surface area (Å²) in [5.41, 5.74) is 7.33. The zero-order chi connectivity index (χ0) is 20.4. The van der Waals surface area contributed by atoms with Crippen LogP contribution >= 0.6 is 0 Å². The second-order valence-corrected chi connectivity index (χ2v) is 6.14. The molecule has 2 aromatic carbocycles. The van der Waals surface area contributed by atoms with Gasteiger partial charge in [0.05, 0.1) is 13.2 Å². The Balaban J connectivity index is 1.72. The van der Waals surface area contributed by atoms with Gasteiger partial charge in [0, 0.05) is 11.8 Å². The Labute approximate surface area is 164 Å². The van der Waals surface area contributed by atoms with Crippen molar-refractivity contribution in [2.75, 3.05) is 7.11 Å². The van der Waals surface area contributed by atoms with Crippen molar-refractivity contribution in [2.45, 2.75) is 26.5 Å². The predicted octanol–water partition coefficient (Wildman–Crippen LogP) is 3.21. The molecule has 2 rings (SSSR count). The molecule has 0 spiro atoms. The highest BCUT2D eigenvalue weighted by Gasteiger charge is 2.08. The van der Waals surface area contributed by atoms with Crippen molar-refractivity contribution in [1.82, 2.24) is 16.2 Å². The van der Waals surface area contributed by atoms with Crippen LogP contribution in [0.5, 0.6) is 5.75 Å². The third-order valence-electron chi connectivity index (χ3n) is 3.90. The van der Waals surface area contributed by atoms with Crippen LogP contribution in [0.2, 0.25) is 0 Å². The molecule has 0 aliphatic heterocycles. The molecule has 0 saturated heterocycles. The molecule has 0 radical (unpaired) electrons. The molecule has 7 heteroatoms. The molecule has 0 aliphatic carbocycles. The number of allylic oxidation sites excluding steroid dienone is 1. The molecule has 1 atom stereocenters. The number of carbonyl (C=O) groups is 2. The molecule has 0 bridgehead atoms. The number of hydrogen-bond acceptors (Lipinski definition) is 5. The number of amides is 2. The lowest BCUT2D eigenvalue weighted by molar-refractivity contribution is -0.117. The number of nitrogens with one attached hydrogen (secondary N) is 3. The first-order chi connectivity index (χ1) is 13.5. The van der Waals surface area contributed by atoms with Crippen LogP contribution in [0.4, 0.5) is 4.79 Å². The summed E-state index contributed by atoms with van der Waals surface area (Å²) < 4.78 is 10.2. The second kappa shape index (κ2) is 10.6. The van der Waals surface area contributed by atoms with Crippen LogP contribution in [-0.2, 0) is 16.1 Å². The molecule has 3 N–H and O–H groups in total. The molecule has 0 fully saturated rings. The topological polar surface area (TPSA) is 88.7 Å². The lowest BCUT2D eigenvalue weighted by Gasteiger charge is -2.13. The van der Waals surface area contributed by atoms with Crippen LogP contribution in [0, 0.1) is 0 Å². The van der Waals surface area contributed by atoms with Crippen LogP contribution in [0.25, 0.3) is 0 Å². The molecule has 1 unspecified atom stereocenters. The predicted molar refractivity (Wildman–Crippen MR) is 106 cm³/mol. The average molecular weight is 383 g/mol. The van der Waals surface area contributed by atoms with Gasteiger partial charge in [-0.05, 0) is 37.1 Å². The Bertz CT molecular complexity index is 804. The third kappa shape index (κ3) is 7.03. The fourth-order valence-electron chi connectivity index (χ4n) is 2.37. The van der Waals surface area contributed by atoms with Crippen molar-refractivity contribution in [2.24, 2.45) is 0 Å². The maximum absolute atomic E-state index is 12.1. The quantitative estimate of drug-likeness (QED) is 0.481.